The molecule has 0 atom stereocenters. The summed E-state index contributed by atoms with van der Waals surface area (Å²) < 4.78 is 5.68. The number of nitrogens with two attached hydrogens (primary N) is 1. The summed E-state index contributed by atoms with van der Waals surface area (Å²) in [4.78, 5) is 4.47. The number of hydrogen-bond acceptors (Lipinski definition) is 2. The van der Waals surface area contributed by atoms with E-state index in [9.17, 15) is 0 Å². The summed E-state index contributed by atoms with van der Waals surface area (Å²) in [6.45, 7) is 0.703. The second kappa shape index (κ2) is 5.71. The summed E-state index contributed by atoms with van der Waals surface area (Å²) in [7, 11) is 1.80. The first kappa shape index (κ1) is 12.7. The molecule has 2 saturated carbocycles. The van der Waals surface area contributed by atoms with Crippen molar-refractivity contribution in [3.63, 3.8) is 0 Å². The van der Waals surface area contributed by atoms with E-state index in [2.05, 4.69) is 10.3 Å². The first-order chi connectivity index (χ1) is 8.24. The Balaban J connectivity index is 1.82. The minimum Gasteiger partial charge on any atom is -0.376 e. The van der Waals surface area contributed by atoms with Crippen molar-refractivity contribution in [3.05, 3.63) is 0 Å². The van der Waals surface area contributed by atoms with Gasteiger partial charge in [-0.05, 0) is 32.1 Å². The Bertz CT molecular complexity index is 268. The van der Waals surface area contributed by atoms with Crippen LogP contribution in [-0.4, -0.2) is 31.3 Å². The largest absolute Gasteiger partial charge is 0.376 e. The second-order valence-corrected chi connectivity index (χ2v) is 5.42. The van der Waals surface area contributed by atoms with Gasteiger partial charge in [-0.3, -0.25) is 4.99 Å². The highest BCUT2D eigenvalue weighted by Gasteiger charge is 2.31. The molecule has 17 heavy (non-hydrogen) atoms. The molecule has 0 aromatic rings. The standard InChI is InChI=1S/C13H25N3O/c1-17-13(8-3-2-4-9-13)10-15-12(14)16-11-6-5-7-11/h11H,2-10H2,1H3,(H3,14,15,16). The second-order valence-electron chi connectivity index (χ2n) is 5.42. The lowest BCUT2D eigenvalue weighted by Gasteiger charge is -2.35. The summed E-state index contributed by atoms with van der Waals surface area (Å²) in [6.07, 6.45) is 9.82. The van der Waals surface area contributed by atoms with Crippen molar-refractivity contribution in [2.75, 3.05) is 13.7 Å². The monoisotopic (exact) mass is 239 g/mol. The minimum atomic E-state index is -0.0514. The predicted octanol–water partition coefficient (Wildman–Crippen LogP) is 1.79. The maximum Gasteiger partial charge on any atom is 0.188 e. The van der Waals surface area contributed by atoms with Crippen molar-refractivity contribution < 1.29 is 4.74 Å². The Morgan fingerprint density at radius 1 is 1.29 bits per heavy atom. The first-order valence-corrected chi connectivity index (χ1v) is 6.86. The molecule has 0 radical (unpaired) electrons. The SMILES string of the molecule is COC1(CN=C(N)NC2CCC2)CCCCC1. The van der Waals surface area contributed by atoms with E-state index in [-0.39, 0.29) is 5.60 Å². The molecule has 0 unspecified atom stereocenters. The summed E-state index contributed by atoms with van der Waals surface area (Å²) in [5.74, 6) is 0.594. The molecule has 4 heteroatoms. The number of aliphatic imine (C=N–C) groups is 1. The van der Waals surface area contributed by atoms with E-state index in [1.54, 1.807) is 7.11 Å². The van der Waals surface area contributed by atoms with Gasteiger partial charge < -0.3 is 15.8 Å². The highest BCUT2D eigenvalue weighted by molar-refractivity contribution is 5.78. The van der Waals surface area contributed by atoms with Crippen LogP contribution in [0.1, 0.15) is 51.4 Å². The van der Waals surface area contributed by atoms with Crippen molar-refractivity contribution in [3.8, 4) is 0 Å². The maximum atomic E-state index is 5.90. The van der Waals surface area contributed by atoms with Gasteiger partial charge >= 0.3 is 0 Å². The van der Waals surface area contributed by atoms with Gasteiger partial charge in [-0.1, -0.05) is 19.3 Å². The van der Waals surface area contributed by atoms with Gasteiger partial charge in [0.2, 0.25) is 0 Å². The average molecular weight is 239 g/mol. The Morgan fingerprint density at radius 3 is 2.53 bits per heavy atom. The lowest BCUT2D eigenvalue weighted by molar-refractivity contribution is -0.0309. The van der Waals surface area contributed by atoms with Crippen LogP contribution in [0.3, 0.4) is 0 Å². The van der Waals surface area contributed by atoms with E-state index in [0.29, 0.717) is 18.5 Å². The molecule has 2 aliphatic rings. The van der Waals surface area contributed by atoms with E-state index in [0.717, 1.165) is 12.8 Å². The Labute approximate surface area is 104 Å². The predicted molar refractivity (Wildman–Crippen MR) is 70.1 cm³/mol. The third-order valence-electron chi connectivity index (χ3n) is 4.19. The molecule has 0 heterocycles. The fraction of sp³-hybridized carbons (Fsp3) is 0.923. The van der Waals surface area contributed by atoms with Gasteiger partial charge in [-0.15, -0.1) is 0 Å². The zero-order valence-electron chi connectivity index (χ0n) is 10.9. The molecule has 2 fully saturated rings. The van der Waals surface area contributed by atoms with Crippen molar-refractivity contribution in [1.82, 2.24) is 5.32 Å². The van der Waals surface area contributed by atoms with Gasteiger partial charge in [0, 0.05) is 13.2 Å². The number of methoxy groups -OCH3 is 1. The molecule has 2 rings (SSSR count). The molecule has 0 saturated heterocycles. The molecule has 0 amide bonds. The van der Waals surface area contributed by atoms with Gasteiger partial charge in [0.25, 0.3) is 0 Å². The van der Waals surface area contributed by atoms with Crippen LogP contribution in [0.4, 0.5) is 0 Å². The first-order valence-electron chi connectivity index (χ1n) is 6.86. The Morgan fingerprint density at radius 2 is 2.00 bits per heavy atom. The van der Waals surface area contributed by atoms with E-state index < -0.39 is 0 Å². The van der Waals surface area contributed by atoms with Crippen LogP contribution in [-0.2, 0) is 4.74 Å². The van der Waals surface area contributed by atoms with Gasteiger partial charge in [-0.25, -0.2) is 0 Å². The highest BCUT2D eigenvalue weighted by Crippen LogP contribution is 2.31. The lowest BCUT2D eigenvalue weighted by Crippen LogP contribution is -2.45. The van der Waals surface area contributed by atoms with Crippen molar-refractivity contribution in [1.29, 1.82) is 0 Å². The molecular weight excluding hydrogens is 214 g/mol. The molecule has 4 nitrogen and oxygen atoms in total. The number of ether oxygens (including phenoxy) is 1. The van der Waals surface area contributed by atoms with Crippen LogP contribution in [0.5, 0.6) is 0 Å². The normalized spacial score (nSPS) is 25.4. The summed E-state index contributed by atoms with van der Waals surface area (Å²) in [5.41, 5.74) is 5.85. The number of hydrogen-bond donors (Lipinski definition) is 2. The molecule has 3 N–H and O–H groups in total. The number of nitrogens with zero attached hydrogens (tertiary/aromatic N) is 1. The van der Waals surface area contributed by atoms with Crippen LogP contribution in [0, 0.1) is 0 Å². The molecule has 0 aromatic heterocycles. The molecule has 98 valence electrons. The molecule has 0 aliphatic heterocycles. The molecule has 2 aliphatic carbocycles. The van der Waals surface area contributed by atoms with Gasteiger partial charge in [0.15, 0.2) is 5.96 Å². The summed E-state index contributed by atoms with van der Waals surface area (Å²) >= 11 is 0. The maximum absolute atomic E-state index is 5.90. The van der Waals surface area contributed by atoms with Crippen LogP contribution in [0.2, 0.25) is 0 Å². The van der Waals surface area contributed by atoms with E-state index >= 15 is 0 Å². The molecule has 0 spiro atoms. The van der Waals surface area contributed by atoms with Crippen molar-refractivity contribution >= 4 is 5.96 Å². The van der Waals surface area contributed by atoms with Crippen LogP contribution >= 0.6 is 0 Å². The fourth-order valence-electron chi connectivity index (χ4n) is 2.66. The highest BCUT2D eigenvalue weighted by atomic mass is 16.5. The molecule has 0 bridgehead atoms. The smallest absolute Gasteiger partial charge is 0.188 e. The lowest BCUT2D eigenvalue weighted by atomic mass is 9.85. The number of guanidine groups is 1. The third kappa shape index (κ3) is 3.35. The van der Waals surface area contributed by atoms with Crippen molar-refractivity contribution in [2.45, 2.75) is 63.0 Å². The van der Waals surface area contributed by atoms with E-state index in [1.165, 1.54) is 38.5 Å². The third-order valence-corrected chi connectivity index (χ3v) is 4.19. The fourth-order valence-corrected chi connectivity index (χ4v) is 2.66. The molecular formula is C13H25N3O. The van der Waals surface area contributed by atoms with Gasteiger partial charge in [0.05, 0.1) is 12.1 Å². The zero-order chi connectivity index (χ0) is 12.1. The average Bonchev–Trinajstić information content (AvgIpc) is 2.32. The summed E-state index contributed by atoms with van der Waals surface area (Å²) in [5, 5.41) is 3.27. The topological polar surface area (TPSA) is 59.6 Å². The van der Waals surface area contributed by atoms with Crippen molar-refractivity contribution in [2.24, 2.45) is 10.7 Å². The van der Waals surface area contributed by atoms with E-state index in [4.69, 9.17) is 10.5 Å². The Hall–Kier alpha value is -0.770. The minimum absolute atomic E-state index is 0.0514. The van der Waals surface area contributed by atoms with Crippen LogP contribution in [0.15, 0.2) is 4.99 Å². The number of nitrogens with one attached hydrogen (secondary N) is 1. The molecule has 0 aromatic carbocycles. The van der Waals surface area contributed by atoms with E-state index in [1.807, 2.05) is 0 Å². The Kier molecular flexibility index (Phi) is 4.26. The number of rotatable bonds is 4. The quantitative estimate of drug-likeness (QED) is 0.581. The summed E-state index contributed by atoms with van der Waals surface area (Å²) in [6, 6.07) is 0.559. The van der Waals surface area contributed by atoms with Gasteiger partial charge in [0.1, 0.15) is 0 Å². The van der Waals surface area contributed by atoms with Gasteiger partial charge in [-0.2, -0.15) is 0 Å². The zero-order valence-corrected chi connectivity index (χ0v) is 10.9. The van der Waals surface area contributed by atoms with Crippen LogP contribution in [0.25, 0.3) is 0 Å². The van der Waals surface area contributed by atoms with Crippen LogP contribution < -0.4 is 11.1 Å².